The summed E-state index contributed by atoms with van der Waals surface area (Å²) in [6.07, 6.45) is 6.23. The molecule has 2 heterocycles. The smallest absolute Gasteiger partial charge is 0.178 e. The second-order valence-electron chi connectivity index (χ2n) is 4.64. The van der Waals surface area contributed by atoms with Crippen LogP contribution >= 0.6 is 0 Å². The summed E-state index contributed by atoms with van der Waals surface area (Å²) in [7, 11) is 0. The Bertz CT molecular complexity index is 334. The van der Waals surface area contributed by atoms with Crippen LogP contribution in [0.4, 0.5) is 0 Å². The monoisotopic (exact) mass is 238 g/mol. The molecule has 94 valence electrons. The molecule has 0 radical (unpaired) electrons. The molecule has 17 heavy (non-hydrogen) atoms. The first-order valence-corrected chi connectivity index (χ1v) is 6.19. The van der Waals surface area contributed by atoms with Crippen molar-refractivity contribution in [1.29, 1.82) is 0 Å². The molecule has 0 aromatic rings. The molecule has 2 bridgehead atoms. The highest BCUT2D eigenvalue weighted by Crippen LogP contribution is 2.26. The minimum atomic E-state index is -0.545. The van der Waals surface area contributed by atoms with Gasteiger partial charge in [0, 0.05) is 6.42 Å². The van der Waals surface area contributed by atoms with Gasteiger partial charge in [0.2, 0.25) is 0 Å². The number of rotatable bonds is 1. The molecule has 0 N–H and O–H groups in total. The fourth-order valence-corrected chi connectivity index (χ4v) is 2.27. The maximum Gasteiger partial charge on any atom is 0.178 e. The summed E-state index contributed by atoms with van der Waals surface area (Å²) in [5.41, 5.74) is 0. The molecule has 0 aromatic carbocycles. The van der Waals surface area contributed by atoms with Gasteiger partial charge in [-0.2, -0.15) is 0 Å². The van der Waals surface area contributed by atoms with Crippen molar-refractivity contribution in [2.45, 2.75) is 57.5 Å². The van der Waals surface area contributed by atoms with Crippen LogP contribution in [-0.4, -0.2) is 30.1 Å². The Morgan fingerprint density at radius 3 is 2.88 bits per heavy atom. The molecule has 3 atom stereocenters. The lowest BCUT2D eigenvalue weighted by molar-refractivity contribution is -0.127. The summed E-state index contributed by atoms with van der Waals surface area (Å²) in [6, 6.07) is 0. The van der Waals surface area contributed by atoms with Gasteiger partial charge in [-0.25, -0.2) is 0 Å². The lowest BCUT2D eigenvalue weighted by atomic mass is 10.0. The SMILES string of the molecule is CC(=O)C1OC2C=CC(=O)CCCCCC1O2. The molecule has 1 fully saturated rings. The first-order chi connectivity index (χ1) is 8.16. The quantitative estimate of drug-likeness (QED) is 0.698. The summed E-state index contributed by atoms with van der Waals surface area (Å²) in [4.78, 5) is 22.9. The fourth-order valence-electron chi connectivity index (χ4n) is 2.27. The molecule has 2 aliphatic rings. The van der Waals surface area contributed by atoms with Crippen LogP contribution in [0.5, 0.6) is 0 Å². The number of hydrogen-bond acceptors (Lipinski definition) is 4. The van der Waals surface area contributed by atoms with Crippen LogP contribution in [0.15, 0.2) is 12.2 Å². The average Bonchev–Trinajstić information content (AvgIpc) is 2.66. The molecule has 4 heteroatoms. The molecule has 3 unspecified atom stereocenters. The van der Waals surface area contributed by atoms with Crippen molar-refractivity contribution in [3.05, 3.63) is 12.2 Å². The number of ketones is 2. The Kier molecular flexibility index (Phi) is 4.07. The zero-order valence-corrected chi connectivity index (χ0v) is 10.1. The van der Waals surface area contributed by atoms with E-state index in [9.17, 15) is 9.59 Å². The number of ether oxygens (including phenoxy) is 2. The largest absolute Gasteiger partial charge is 0.342 e. The van der Waals surface area contributed by atoms with E-state index in [1.165, 1.54) is 13.0 Å². The maximum absolute atomic E-state index is 11.4. The molecule has 0 aromatic heterocycles. The van der Waals surface area contributed by atoms with E-state index >= 15 is 0 Å². The third-order valence-electron chi connectivity index (χ3n) is 3.18. The van der Waals surface area contributed by atoms with Gasteiger partial charge in [-0.3, -0.25) is 9.59 Å². The number of fused-ring (bicyclic) bond motifs is 2. The predicted octanol–water partition coefficient (Wildman–Crippen LogP) is 1.77. The molecular weight excluding hydrogens is 220 g/mol. The standard InChI is InChI=1S/C13H18O4/c1-9(14)13-11-6-4-2-3-5-10(15)7-8-12(16-11)17-13/h7-8,11-13H,2-6H2,1H3. The highest BCUT2D eigenvalue weighted by molar-refractivity contribution is 5.89. The number of Topliss-reactive ketones (excluding diaryl/α,β-unsaturated/α-hetero) is 1. The zero-order valence-electron chi connectivity index (χ0n) is 10.1. The number of hydrogen-bond donors (Lipinski definition) is 0. The van der Waals surface area contributed by atoms with Crippen molar-refractivity contribution in [2.75, 3.05) is 0 Å². The Labute approximate surface area is 101 Å². The van der Waals surface area contributed by atoms with Gasteiger partial charge >= 0.3 is 0 Å². The lowest BCUT2D eigenvalue weighted by Crippen LogP contribution is -2.29. The van der Waals surface area contributed by atoms with Gasteiger partial charge in [0.05, 0.1) is 6.10 Å². The van der Waals surface area contributed by atoms with Gasteiger partial charge in [-0.15, -0.1) is 0 Å². The highest BCUT2D eigenvalue weighted by Gasteiger charge is 2.37. The van der Waals surface area contributed by atoms with Crippen LogP contribution in [0.25, 0.3) is 0 Å². The van der Waals surface area contributed by atoms with Crippen molar-refractivity contribution in [3.63, 3.8) is 0 Å². The third-order valence-corrected chi connectivity index (χ3v) is 3.18. The number of allylic oxidation sites excluding steroid dienone is 1. The van der Waals surface area contributed by atoms with Crippen LogP contribution in [0.1, 0.15) is 39.0 Å². The van der Waals surface area contributed by atoms with Gasteiger partial charge < -0.3 is 9.47 Å². The molecule has 2 aliphatic heterocycles. The number of carbonyl (C=O) groups is 2. The second kappa shape index (κ2) is 5.56. The normalized spacial score (nSPS) is 34.4. The summed E-state index contributed by atoms with van der Waals surface area (Å²) >= 11 is 0. The van der Waals surface area contributed by atoms with Crippen molar-refractivity contribution >= 4 is 11.6 Å². The molecule has 0 amide bonds. The van der Waals surface area contributed by atoms with Gasteiger partial charge in [0.15, 0.2) is 17.9 Å². The van der Waals surface area contributed by atoms with Crippen LogP contribution in [0.2, 0.25) is 0 Å². The van der Waals surface area contributed by atoms with Crippen molar-refractivity contribution in [1.82, 2.24) is 0 Å². The van der Waals surface area contributed by atoms with Crippen molar-refractivity contribution in [3.8, 4) is 0 Å². The van der Waals surface area contributed by atoms with Gasteiger partial charge in [-0.1, -0.05) is 12.8 Å². The summed E-state index contributed by atoms with van der Waals surface area (Å²) < 4.78 is 11.1. The van der Waals surface area contributed by atoms with Gasteiger partial charge in [0.1, 0.15) is 6.10 Å². The number of carbonyl (C=O) groups excluding carboxylic acids is 2. The topological polar surface area (TPSA) is 52.6 Å². The van der Waals surface area contributed by atoms with E-state index in [2.05, 4.69) is 0 Å². The third kappa shape index (κ3) is 3.23. The average molecular weight is 238 g/mol. The summed E-state index contributed by atoms with van der Waals surface area (Å²) in [5.74, 6) is 0.0937. The van der Waals surface area contributed by atoms with E-state index in [0.717, 1.165) is 25.7 Å². The van der Waals surface area contributed by atoms with Crippen LogP contribution in [-0.2, 0) is 19.1 Å². The molecular formula is C13H18O4. The zero-order chi connectivity index (χ0) is 12.3. The van der Waals surface area contributed by atoms with Crippen LogP contribution < -0.4 is 0 Å². The molecule has 4 nitrogen and oxygen atoms in total. The fraction of sp³-hybridized carbons (Fsp3) is 0.692. The van der Waals surface area contributed by atoms with Crippen LogP contribution in [0, 0.1) is 0 Å². The molecule has 0 aliphatic carbocycles. The minimum Gasteiger partial charge on any atom is -0.342 e. The molecule has 2 rings (SSSR count). The van der Waals surface area contributed by atoms with E-state index in [0.29, 0.717) is 6.42 Å². The van der Waals surface area contributed by atoms with E-state index in [1.807, 2.05) is 0 Å². The molecule has 0 spiro atoms. The Morgan fingerprint density at radius 1 is 1.29 bits per heavy atom. The Balaban J connectivity index is 2.08. The van der Waals surface area contributed by atoms with E-state index in [-0.39, 0.29) is 17.7 Å². The van der Waals surface area contributed by atoms with Crippen molar-refractivity contribution < 1.29 is 19.1 Å². The van der Waals surface area contributed by atoms with Gasteiger partial charge in [-0.05, 0) is 31.9 Å². The molecule has 0 saturated carbocycles. The summed E-state index contributed by atoms with van der Waals surface area (Å²) in [6.45, 7) is 1.52. The second-order valence-corrected chi connectivity index (χ2v) is 4.64. The minimum absolute atomic E-state index is 0.00529. The van der Waals surface area contributed by atoms with Crippen LogP contribution in [0.3, 0.4) is 0 Å². The Morgan fingerprint density at radius 2 is 2.12 bits per heavy atom. The Hall–Kier alpha value is -1.00. The van der Waals surface area contributed by atoms with Crippen molar-refractivity contribution in [2.24, 2.45) is 0 Å². The van der Waals surface area contributed by atoms with Gasteiger partial charge in [0.25, 0.3) is 0 Å². The maximum atomic E-state index is 11.4. The highest BCUT2D eigenvalue weighted by atomic mass is 16.7. The molecule has 1 saturated heterocycles. The predicted molar refractivity (Wildman–Crippen MR) is 61.4 cm³/mol. The van der Waals surface area contributed by atoms with E-state index < -0.39 is 12.4 Å². The first-order valence-electron chi connectivity index (χ1n) is 6.19. The van der Waals surface area contributed by atoms with E-state index in [4.69, 9.17) is 9.47 Å². The van der Waals surface area contributed by atoms with E-state index in [1.54, 1.807) is 6.08 Å². The summed E-state index contributed by atoms with van der Waals surface area (Å²) in [5, 5.41) is 0. The lowest BCUT2D eigenvalue weighted by Gasteiger charge is -2.13. The first kappa shape index (κ1) is 12.5.